The predicted molar refractivity (Wildman–Crippen MR) is 66.1 cm³/mol. The SMILES string of the molecule is Cc1noc2ccc3cnn(CCN=[N+]=[N-])c3c12. The molecule has 2 aromatic heterocycles. The molecule has 1 aromatic carbocycles. The van der Waals surface area contributed by atoms with E-state index < -0.39 is 0 Å². The van der Waals surface area contributed by atoms with E-state index >= 15 is 0 Å². The van der Waals surface area contributed by atoms with Crippen LogP contribution in [0.1, 0.15) is 5.69 Å². The molecule has 3 aromatic rings. The summed E-state index contributed by atoms with van der Waals surface area (Å²) in [5, 5.41) is 13.8. The monoisotopic (exact) mass is 242 g/mol. The molecule has 0 aliphatic carbocycles. The van der Waals surface area contributed by atoms with Crippen LogP contribution >= 0.6 is 0 Å². The van der Waals surface area contributed by atoms with E-state index in [4.69, 9.17) is 10.1 Å². The second-order valence-electron chi connectivity index (χ2n) is 3.97. The summed E-state index contributed by atoms with van der Waals surface area (Å²) >= 11 is 0. The maximum absolute atomic E-state index is 8.29. The van der Waals surface area contributed by atoms with Crippen molar-refractivity contribution in [3.8, 4) is 0 Å². The zero-order chi connectivity index (χ0) is 12.5. The predicted octanol–water partition coefficient (Wildman–Crippen LogP) is 2.80. The fraction of sp³-hybridized carbons (Fsp3) is 0.273. The lowest BCUT2D eigenvalue weighted by molar-refractivity contribution is 0.450. The number of nitrogens with zero attached hydrogens (tertiary/aromatic N) is 6. The smallest absolute Gasteiger partial charge is 0.169 e. The summed E-state index contributed by atoms with van der Waals surface area (Å²) in [6.07, 6.45) is 1.79. The summed E-state index contributed by atoms with van der Waals surface area (Å²) in [5.74, 6) is 0. The van der Waals surface area contributed by atoms with E-state index in [9.17, 15) is 0 Å². The van der Waals surface area contributed by atoms with Gasteiger partial charge in [0.25, 0.3) is 0 Å². The quantitative estimate of drug-likeness (QED) is 0.401. The first-order valence-electron chi connectivity index (χ1n) is 5.52. The minimum absolute atomic E-state index is 0.369. The molecule has 3 rings (SSSR count). The van der Waals surface area contributed by atoms with Crippen molar-refractivity contribution in [1.29, 1.82) is 0 Å². The molecular formula is C11H10N6O. The molecule has 0 atom stereocenters. The van der Waals surface area contributed by atoms with Crippen molar-refractivity contribution in [1.82, 2.24) is 14.9 Å². The van der Waals surface area contributed by atoms with Gasteiger partial charge in [-0.05, 0) is 24.6 Å². The van der Waals surface area contributed by atoms with Crippen molar-refractivity contribution in [3.05, 3.63) is 34.5 Å². The highest BCUT2D eigenvalue weighted by atomic mass is 16.5. The molecule has 90 valence electrons. The average molecular weight is 242 g/mol. The van der Waals surface area contributed by atoms with Crippen molar-refractivity contribution in [3.63, 3.8) is 0 Å². The first-order valence-corrected chi connectivity index (χ1v) is 5.52. The summed E-state index contributed by atoms with van der Waals surface area (Å²) in [4.78, 5) is 2.74. The molecule has 7 nitrogen and oxygen atoms in total. The Morgan fingerprint density at radius 2 is 2.39 bits per heavy atom. The average Bonchev–Trinajstić information content (AvgIpc) is 2.94. The fourth-order valence-corrected chi connectivity index (χ4v) is 2.10. The molecule has 0 N–H and O–H groups in total. The largest absolute Gasteiger partial charge is 0.356 e. The Hall–Kier alpha value is -2.53. The molecule has 0 aliphatic heterocycles. The first-order chi connectivity index (χ1) is 8.81. The summed E-state index contributed by atoms with van der Waals surface area (Å²) < 4.78 is 7.05. The van der Waals surface area contributed by atoms with Crippen molar-refractivity contribution in [2.45, 2.75) is 13.5 Å². The molecule has 0 fully saturated rings. The lowest BCUT2D eigenvalue weighted by Gasteiger charge is -2.01. The Kier molecular flexibility index (Phi) is 2.39. The van der Waals surface area contributed by atoms with E-state index in [2.05, 4.69) is 20.3 Å². The molecule has 0 saturated heterocycles. The zero-order valence-electron chi connectivity index (χ0n) is 9.74. The van der Waals surface area contributed by atoms with Gasteiger partial charge < -0.3 is 4.52 Å². The Balaban J connectivity index is 2.23. The third kappa shape index (κ3) is 1.49. The second kappa shape index (κ2) is 4.05. The zero-order valence-corrected chi connectivity index (χ0v) is 9.74. The van der Waals surface area contributed by atoms with Crippen LogP contribution in [0.15, 0.2) is 28.0 Å². The second-order valence-corrected chi connectivity index (χ2v) is 3.97. The molecule has 18 heavy (non-hydrogen) atoms. The molecular weight excluding hydrogens is 232 g/mol. The third-order valence-corrected chi connectivity index (χ3v) is 2.88. The van der Waals surface area contributed by atoms with Gasteiger partial charge in [-0.3, -0.25) is 4.68 Å². The van der Waals surface area contributed by atoms with Crippen molar-refractivity contribution < 1.29 is 4.52 Å². The van der Waals surface area contributed by atoms with Crippen LogP contribution in [0.2, 0.25) is 0 Å². The molecule has 0 bridgehead atoms. The Labute approximate surface area is 102 Å². The number of hydrogen-bond acceptors (Lipinski definition) is 4. The van der Waals surface area contributed by atoms with Crippen molar-refractivity contribution >= 4 is 21.9 Å². The van der Waals surface area contributed by atoms with E-state index in [1.54, 1.807) is 6.20 Å². The van der Waals surface area contributed by atoms with Gasteiger partial charge in [-0.1, -0.05) is 10.3 Å². The highest BCUT2D eigenvalue weighted by Crippen LogP contribution is 2.27. The summed E-state index contributed by atoms with van der Waals surface area (Å²) in [6.45, 7) is 2.81. The number of hydrogen-bond donors (Lipinski definition) is 0. The number of azide groups is 1. The van der Waals surface area contributed by atoms with Crippen LogP contribution < -0.4 is 0 Å². The van der Waals surface area contributed by atoms with Crippen LogP contribution in [-0.2, 0) is 6.54 Å². The topological polar surface area (TPSA) is 92.6 Å². The molecule has 0 amide bonds. The molecule has 2 heterocycles. The summed E-state index contributed by atoms with van der Waals surface area (Å²) in [6, 6.07) is 3.83. The minimum Gasteiger partial charge on any atom is -0.356 e. The lowest BCUT2D eigenvalue weighted by atomic mass is 10.1. The minimum atomic E-state index is 0.369. The van der Waals surface area contributed by atoms with Crippen molar-refractivity contribution in [2.24, 2.45) is 5.11 Å². The van der Waals surface area contributed by atoms with Crippen LogP contribution in [0.25, 0.3) is 32.3 Å². The van der Waals surface area contributed by atoms with Gasteiger partial charge in [-0.2, -0.15) is 5.10 Å². The van der Waals surface area contributed by atoms with Gasteiger partial charge in [0.05, 0.1) is 22.8 Å². The highest BCUT2D eigenvalue weighted by molar-refractivity contribution is 6.04. The van der Waals surface area contributed by atoms with E-state index in [-0.39, 0.29) is 0 Å². The molecule has 0 saturated carbocycles. The van der Waals surface area contributed by atoms with Gasteiger partial charge in [0.2, 0.25) is 0 Å². The summed E-state index contributed by atoms with van der Waals surface area (Å²) in [7, 11) is 0. The van der Waals surface area contributed by atoms with Gasteiger partial charge >= 0.3 is 0 Å². The standard InChI is InChI=1S/C11H10N6O/c1-7-10-9(18-15-7)3-2-8-6-14-17(11(8)10)5-4-13-16-12/h2-3,6H,4-5H2,1H3. The number of benzene rings is 1. The Bertz CT molecular complexity index is 764. The first kappa shape index (κ1) is 10.6. The normalized spacial score (nSPS) is 10.9. The number of aryl methyl sites for hydroxylation is 1. The third-order valence-electron chi connectivity index (χ3n) is 2.88. The summed E-state index contributed by atoms with van der Waals surface area (Å²) in [5.41, 5.74) is 10.8. The lowest BCUT2D eigenvalue weighted by Crippen LogP contribution is -2.02. The fourth-order valence-electron chi connectivity index (χ4n) is 2.10. The number of fused-ring (bicyclic) bond motifs is 3. The maximum Gasteiger partial charge on any atom is 0.169 e. The van der Waals surface area contributed by atoms with Crippen LogP contribution in [0.4, 0.5) is 0 Å². The van der Waals surface area contributed by atoms with Gasteiger partial charge in [0.15, 0.2) is 5.58 Å². The number of aromatic nitrogens is 3. The maximum atomic E-state index is 8.29. The van der Waals surface area contributed by atoms with E-state index in [0.29, 0.717) is 13.1 Å². The van der Waals surface area contributed by atoms with Crippen LogP contribution in [-0.4, -0.2) is 21.5 Å². The van der Waals surface area contributed by atoms with E-state index in [0.717, 1.165) is 27.6 Å². The Morgan fingerprint density at radius 1 is 1.50 bits per heavy atom. The molecule has 0 spiro atoms. The van der Waals surface area contributed by atoms with E-state index in [1.807, 2.05) is 23.7 Å². The van der Waals surface area contributed by atoms with E-state index in [1.165, 1.54) is 0 Å². The van der Waals surface area contributed by atoms with Gasteiger partial charge in [0.1, 0.15) is 0 Å². The number of rotatable bonds is 3. The molecule has 0 unspecified atom stereocenters. The van der Waals surface area contributed by atoms with Crippen LogP contribution in [0.5, 0.6) is 0 Å². The Morgan fingerprint density at radius 3 is 3.22 bits per heavy atom. The van der Waals surface area contributed by atoms with Crippen LogP contribution in [0.3, 0.4) is 0 Å². The molecule has 0 radical (unpaired) electrons. The van der Waals surface area contributed by atoms with Crippen molar-refractivity contribution in [2.75, 3.05) is 6.54 Å². The highest BCUT2D eigenvalue weighted by Gasteiger charge is 2.12. The van der Waals surface area contributed by atoms with Gasteiger partial charge in [0, 0.05) is 23.4 Å². The molecule has 7 heteroatoms. The van der Waals surface area contributed by atoms with Gasteiger partial charge in [-0.25, -0.2) is 0 Å². The molecule has 0 aliphatic rings. The van der Waals surface area contributed by atoms with Gasteiger partial charge in [-0.15, -0.1) is 0 Å². The van der Waals surface area contributed by atoms with Crippen LogP contribution in [0, 0.1) is 6.92 Å².